The van der Waals surface area contributed by atoms with E-state index >= 15 is 0 Å². The van der Waals surface area contributed by atoms with E-state index in [1.54, 1.807) is 39.2 Å². The third-order valence-electron chi connectivity index (χ3n) is 15.8. The molecule has 0 bridgehead atoms. The zero-order valence-electron chi connectivity index (χ0n) is 40.9. The second-order valence-electron chi connectivity index (χ2n) is 20.3. The van der Waals surface area contributed by atoms with E-state index < -0.39 is 29.0 Å². The Morgan fingerprint density at radius 1 is 0.845 bits per heavy atom. The SMILES string of the molecule is COc1cc2nc(C)nc(N[C@H](C)c3cc(N)cc(C(F)(F)F)c3)c2cc1C1CCC(C(=O)N2CCN(CC3CCC4(CC3)CCN(C(=O)c3ccc(OC)c(-n5ccc(=O)[nH]c5=O)c3)CC4)CC2)CC1. The number of rotatable bonds is 11. The summed E-state index contributed by atoms with van der Waals surface area (Å²) in [6, 6.07) is 13.3. The number of ether oxygens (including phenoxy) is 2. The molecule has 1 spiro atoms. The molecule has 2 saturated carbocycles. The van der Waals surface area contributed by atoms with E-state index in [9.17, 15) is 32.3 Å². The number of piperidine rings is 1. The van der Waals surface area contributed by atoms with Crippen molar-refractivity contribution in [1.82, 2.24) is 34.2 Å². The van der Waals surface area contributed by atoms with Crippen LogP contribution in [0.2, 0.25) is 0 Å². The molecule has 4 heterocycles. The molecular weight excluding hydrogens is 916 g/mol. The van der Waals surface area contributed by atoms with E-state index in [4.69, 9.17) is 15.2 Å². The van der Waals surface area contributed by atoms with Crippen molar-refractivity contribution in [3.63, 3.8) is 0 Å². The van der Waals surface area contributed by atoms with Gasteiger partial charge < -0.3 is 30.3 Å². The van der Waals surface area contributed by atoms with Gasteiger partial charge in [-0.15, -0.1) is 0 Å². The van der Waals surface area contributed by atoms with Gasteiger partial charge in [0.25, 0.3) is 11.5 Å². The second kappa shape index (κ2) is 20.4. The zero-order valence-corrected chi connectivity index (χ0v) is 40.9. The number of carbonyl (C=O) groups excluding carboxylic acids is 2. The summed E-state index contributed by atoms with van der Waals surface area (Å²) in [4.78, 5) is 70.0. The summed E-state index contributed by atoms with van der Waals surface area (Å²) in [5.41, 5.74) is 7.15. The lowest BCUT2D eigenvalue weighted by Gasteiger charge is -2.47. The number of carbonyl (C=O) groups is 2. The van der Waals surface area contributed by atoms with Crippen LogP contribution in [0.25, 0.3) is 16.6 Å². The van der Waals surface area contributed by atoms with Crippen molar-refractivity contribution < 1.29 is 32.2 Å². The predicted octanol–water partition coefficient (Wildman–Crippen LogP) is 8.10. The monoisotopic (exact) mass is 979 g/mol. The minimum absolute atomic E-state index is 0.0312. The number of benzene rings is 3. The van der Waals surface area contributed by atoms with Crippen LogP contribution in [0.4, 0.5) is 24.7 Å². The quantitative estimate of drug-likeness (QED) is 0.109. The standard InChI is InChI=1S/C53H64F3N9O6/c1-32(38-25-39(53(54,55)56)28-40(57)26-38)58-48-42-29-41(46(71-4)30-43(42)59-33(2)60-48)35-5-7-36(8-6-35)49(67)64-23-21-62(22-24-64)31-34-11-14-52(15-12-34)16-19-63(20-17-52)50(68)37-9-10-45(70-3)44(27-37)65-18-13-47(66)61-51(65)69/h9-10,13,18,25-30,32,34-36H,5-8,11-12,14-17,19-24,31,57H2,1-4H3,(H,58,59,60)(H,61,66,69)/t32-,35?,36?/m1/s1. The third-order valence-corrected chi connectivity index (χ3v) is 15.8. The molecule has 378 valence electrons. The molecule has 9 rings (SSSR count). The first kappa shape index (κ1) is 49.5. The average Bonchev–Trinajstić information content (AvgIpc) is 3.36. The lowest BCUT2D eigenvalue weighted by molar-refractivity contribution is -0.139. The summed E-state index contributed by atoms with van der Waals surface area (Å²) >= 11 is 0. The van der Waals surface area contributed by atoms with Gasteiger partial charge in [-0.05, 0) is 149 Å². The normalized spacial score (nSPS) is 20.5. The Morgan fingerprint density at radius 3 is 2.21 bits per heavy atom. The van der Waals surface area contributed by atoms with Crippen LogP contribution in [0.3, 0.4) is 0 Å². The molecule has 1 atom stereocenters. The van der Waals surface area contributed by atoms with E-state index in [2.05, 4.69) is 30.1 Å². The summed E-state index contributed by atoms with van der Waals surface area (Å²) < 4.78 is 53.6. The maximum absolute atomic E-state index is 14.0. The Hall–Kier alpha value is -6.43. The van der Waals surface area contributed by atoms with Gasteiger partial charge in [0.05, 0.1) is 37.0 Å². The van der Waals surface area contributed by atoms with Crippen LogP contribution >= 0.6 is 0 Å². The van der Waals surface area contributed by atoms with Gasteiger partial charge in [-0.2, -0.15) is 13.2 Å². The molecule has 2 aliphatic carbocycles. The fraction of sp³-hybridized carbons (Fsp3) is 0.509. The van der Waals surface area contributed by atoms with Gasteiger partial charge in [-0.3, -0.25) is 28.8 Å². The number of fused-ring (bicyclic) bond motifs is 1. The van der Waals surface area contributed by atoms with Gasteiger partial charge in [-0.25, -0.2) is 14.8 Å². The summed E-state index contributed by atoms with van der Waals surface area (Å²) in [6.45, 7) is 9.16. The largest absolute Gasteiger partial charge is 0.496 e. The number of hydrogen-bond acceptors (Lipinski definition) is 11. The summed E-state index contributed by atoms with van der Waals surface area (Å²) in [5, 5.41) is 4.08. The van der Waals surface area contributed by atoms with Gasteiger partial charge in [0.15, 0.2) is 0 Å². The highest BCUT2D eigenvalue weighted by molar-refractivity contribution is 5.95. The molecule has 5 aromatic rings. The Morgan fingerprint density at radius 2 is 1.55 bits per heavy atom. The molecular formula is C53H64F3N9O6. The average molecular weight is 980 g/mol. The van der Waals surface area contributed by atoms with Crippen LogP contribution in [0.1, 0.15) is 116 Å². The molecule has 15 nitrogen and oxygen atoms in total. The highest BCUT2D eigenvalue weighted by Gasteiger charge is 2.40. The number of hydrogen-bond donors (Lipinski definition) is 3. The number of piperazine rings is 1. The number of H-pyrrole nitrogens is 1. The first-order valence-corrected chi connectivity index (χ1v) is 24.9. The number of aromatic amines is 1. The number of nitrogens with zero attached hydrogens (tertiary/aromatic N) is 6. The van der Waals surface area contributed by atoms with Crippen molar-refractivity contribution in [3.8, 4) is 17.2 Å². The number of halogens is 3. The van der Waals surface area contributed by atoms with Gasteiger partial charge in [0.2, 0.25) is 5.91 Å². The van der Waals surface area contributed by atoms with Crippen LogP contribution in [-0.2, 0) is 11.0 Å². The van der Waals surface area contributed by atoms with Gasteiger partial charge >= 0.3 is 11.9 Å². The number of nitrogens with two attached hydrogens (primary N) is 1. The Bertz CT molecular complexity index is 2890. The van der Waals surface area contributed by atoms with E-state index in [0.717, 1.165) is 120 Å². The van der Waals surface area contributed by atoms with E-state index in [-0.39, 0.29) is 34.8 Å². The molecule has 4 N–H and O–H groups in total. The number of anilines is 2. The maximum atomic E-state index is 14.0. The van der Waals surface area contributed by atoms with Gasteiger partial charge in [0.1, 0.15) is 23.1 Å². The van der Waals surface area contributed by atoms with Crippen molar-refractivity contribution in [2.45, 2.75) is 96.2 Å². The molecule has 18 heteroatoms. The van der Waals surface area contributed by atoms with Crippen LogP contribution in [0.15, 0.2) is 70.4 Å². The number of alkyl halides is 3. The van der Waals surface area contributed by atoms with E-state index in [1.807, 2.05) is 17.0 Å². The zero-order chi connectivity index (χ0) is 50.2. The minimum atomic E-state index is -4.53. The number of likely N-dealkylation sites (tertiary alicyclic amines) is 1. The van der Waals surface area contributed by atoms with Crippen LogP contribution < -0.4 is 31.8 Å². The Labute approximate surface area is 410 Å². The molecule has 0 unspecified atom stereocenters. The summed E-state index contributed by atoms with van der Waals surface area (Å²) in [5.74, 6) is 3.02. The number of aromatic nitrogens is 4. The first-order valence-electron chi connectivity index (χ1n) is 24.9. The third kappa shape index (κ3) is 10.8. The van der Waals surface area contributed by atoms with Crippen molar-refractivity contribution in [1.29, 1.82) is 0 Å². The number of nitrogen functional groups attached to an aromatic ring is 1. The van der Waals surface area contributed by atoms with Crippen molar-refractivity contribution in [3.05, 3.63) is 110 Å². The number of nitrogens with one attached hydrogen (secondary N) is 2. The minimum Gasteiger partial charge on any atom is -0.496 e. The second-order valence-corrected chi connectivity index (χ2v) is 20.3. The van der Waals surface area contributed by atoms with Crippen LogP contribution in [0, 0.1) is 24.2 Å². The first-order chi connectivity index (χ1) is 34.0. The molecule has 0 radical (unpaired) electrons. The van der Waals surface area contributed by atoms with Crippen molar-refractivity contribution >= 4 is 34.2 Å². The van der Waals surface area contributed by atoms with Crippen LogP contribution in [-0.4, -0.2) is 106 Å². The van der Waals surface area contributed by atoms with Gasteiger partial charge in [0, 0.05) is 86.7 Å². The van der Waals surface area contributed by atoms with E-state index in [0.29, 0.717) is 64.5 Å². The Balaban J connectivity index is 0.741. The number of amides is 2. The fourth-order valence-corrected chi connectivity index (χ4v) is 11.7. The molecule has 4 aliphatic rings. The van der Waals surface area contributed by atoms with Gasteiger partial charge in [-0.1, -0.05) is 0 Å². The number of aryl methyl sites for hydroxylation is 1. The smallest absolute Gasteiger partial charge is 0.416 e. The molecule has 4 fully saturated rings. The summed E-state index contributed by atoms with van der Waals surface area (Å²) in [6.07, 6.45) is 6.57. The highest BCUT2D eigenvalue weighted by Crippen LogP contribution is 2.47. The molecule has 3 aromatic carbocycles. The van der Waals surface area contributed by atoms with E-state index in [1.165, 1.54) is 30.0 Å². The topological polar surface area (TPSA) is 181 Å². The van der Waals surface area contributed by atoms with Crippen LogP contribution in [0.5, 0.6) is 11.5 Å². The lowest BCUT2D eigenvalue weighted by Crippen LogP contribution is -2.52. The molecule has 2 amide bonds. The molecule has 2 saturated heterocycles. The molecule has 71 heavy (non-hydrogen) atoms. The summed E-state index contributed by atoms with van der Waals surface area (Å²) in [7, 11) is 3.13. The molecule has 2 aliphatic heterocycles. The van der Waals surface area contributed by atoms with Crippen molar-refractivity contribution in [2.24, 2.45) is 17.3 Å². The fourth-order valence-electron chi connectivity index (χ4n) is 11.7. The number of methoxy groups -OCH3 is 2. The Kier molecular flexibility index (Phi) is 14.2. The van der Waals surface area contributed by atoms with Crippen molar-refractivity contribution in [2.75, 3.05) is 71.1 Å². The highest BCUT2D eigenvalue weighted by atomic mass is 19.4. The predicted molar refractivity (Wildman–Crippen MR) is 265 cm³/mol. The molecule has 2 aromatic heterocycles. The maximum Gasteiger partial charge on any atom is 0.416 e. The lowest BCUT2D eigenvalue weighted by atomic mass is 9.65.